The van der Waals surface area contributed by atoms with Gasteiger partial charge in [0.05, 0.1) is 13.2 Å². The van der Waals surface area contributed by atoms with Gasteiger partial charge in [-0.05, 0) is 60.5 Å². The Morgan fingerprint density at radius 3 is 2.33 bits per heavy atom. The Bertz CT molecular complexity index is 1350. The van der Waals surface area contributed by atoms with E-state index in [4.69, 9.17) is 44.3 Å². The van der Waals surface area contributed by atoms with Crippen molar-refractivity contribution in [2.75, 3.05) is 6.61 Å². The Morgan fingerprint density at radius 2 is 1.64 bits per heavy atom. The quantitative estimate of drug-likeness (QED) is 0.212. The zero-order chi connectivity index (χ0) is 25.8. The summed E-state index contributed by atoms with van der Waals surface area (Å²) >= 11 is 21.7. The molecule has 10 heteroatoms. The standard InChI is InChI=1S/C26H20BrCl3N2O4/c1-2-35-23-10-17(20(27)12-24(23)36-14-16-5-8-19(29)11-21(16)30)9-22-25(33)32(26(34)31-22)13-15-3-6-18(28)7-4-15/h3-12H,2,13-14H2,1H3,(H,31,34)/b22-9-. The molecule has 0 bridgehead atoms. The molecule has 6 nitrogen and oxygen atoms in total. The van der Waals surface area contributed by atoms with Crippen LogP contribution in [0.15, 0.2) is 64.8 Å². The molecule has 186 valence electrons. The number of nitrogens with one attached hydrogen (secondary N) is 1. The van der Waals surface area contributed by atoms with Gasteiger partial charge in [-0.15, -0.1) is 0 Å². The summed E-state index contributed by atoms with van der Waals surface area (Å²) in [5.41, 5.74) is 2.34. The largest absolute Gasteiger partial charge is 0.490 e. The first-order valence-corrected chi connectivity index (χ1v) is 12.8. The first-order chi connectivity index (χ1) is 17.2. The fourth-order valence-corrected chi connectivity index (χ4v) is 4.51. The summed E-state index contributed by atoms with van der Waals surface area (Å²) in [7, 11) is 0. The molecule has 3 amide bonds. The van der Waals surface area contributed by atoms with Crippen LogP contribution in [0.1, 0.15) is 23.6 Å². The molecule has 1 aliphatic heterocycles. The maximum Gasteiger partial charge on any atom is 0.329 e. The summed E-state index contributed by atoms with van der Waals surface area (Å²) in [6, 6.07) is 15.1. The third-order valence-electron chi connectivity index (χ3n) is 5.28. The number of rotatable bonds is 8. The average molecular weight is 611 g/mol. The van der Waals surface area contributed by atoms with E-state index in [2.05, 4.69) is 21.2 Å². The number of amides is 3. The molecule has 1 heterocycles. The number of hydrogen-bond donors (Lipinski definition) is 1. The van der Waals surface area contributed by atoms with Crippen molar-refractivity contribution in [3.63, 3.8) is 0 Å². The predicted molar refractivity (Wildman–Crippen MR) is 145 cm³/mol. The van der Waals surface area contributed by atoms with E-state index in [9.17, 15) is 9.59 Å². The van der Waals surface area contributed by atoms with E-state index in [1.165, 1.54) is 0 Å². The second kappa shape index (κ2) is 11.6. The third-order valence-corrected chi connectivity index (χ3v) is 6.80. The normalized spacial score (nSPS) is 14.4. The van der Waals surface area contributed by atoms with Crippen LogP contribution < -0.4 is 14.8 Å². The van der Waals surface area contributed by atoms with Crippen LogP contribution in [0.5, 0.6) is 11.5 Å². The van der Waals surface area contributed by atoms with Crippen molar-refractivity contribution in [3.8, 4) is 11.5 Å². The van der Waals surface area contributed by atoms with Gasteiger partial charge in [-0.2, -0.15) is 0 Å². The molecule has 0 unspecified atom stereocenters. The molecule has 36 heavy (non-hydrogen) atoms. The van der Waals surface area contributed by atoms with Crippen LogP contribution in [0.2, 0.25) is 15.1 Å². The molecule has 4 rings (SSSR count). The monoisotopic (exact) mass is 608 g/mol. The summed E-state index contributed by atoms with van der Waals surface area (Å²) < 4.78 is 12.4. The average Bonchev–Trinajstić information content (AvgIpc) is 3.09. The molecule has 0 saturated carbocycles. The Balaban J connectivity index is 1.55. The zero-order valence-electron chi connectivity index (χ0n) is 19.0. The van der Waals surface area contributed by atoms with Gasteiger partial charge in [0.1, 0.15) is 12.3 Å². The van der Waals surface area contributed by atoms with Gasteiger partial charge in [-0.1, -0.05) is 68.9 Å². The summed E-state index contributed by atoms with van der Waals surface area (Å²) in [5, 5.41) is 4.26. The highest BCUT2D eigenvalue weighted by Gasteiger charge is 2.33. The molecular formula is C26H20BrCl3N2O4. The van der Waals surface area contributed by atoms with Crippen LogP contribution >= 0.6 is 50.7 Å². The fourth-order valence-electron chi connectivity index (χ4n) is 3.48. The molecule has 0 radical (unpaired) electrons. The van der Waals surface area contributed by atoms with Crippen molar-refractivity contribution >= 4 is 68.7 Å². The smallest absolute Gasteiger partial charge is 0.329 e. The maximum absolute atomic E-state index is 13.0. The van der Waals surface area contributed by atoms with Gasteiger partial charge in [0.2, 0.25) is 0 Å². The Hall–Kier alpha value is -2.71. The van der Waals surface area contributed by atoms with Gasteiger partial charge in [0, 0.05) is 25.1 Å². The highest BCUT2D eigenvalue weighted by atomic mass is 79.9. The molecule has 0 atom stereocenters. The minimum Gasteiger partial charge on any atom is -0.490 e. The van der Waals surface area contributed by atoms with Crippen molar-refractivity contribution in [2.24, 2.45) is 0 Å². The number of urea groups is 1. The SMILES string of the molecule is CCOc1cc(/C=C2\NC(=O)N(Cc3ccc(Cl)cc3)C2=O)c(Br)cc1OCc1ccc(Cl)cc1Cl. The van der Waals surface area contributed by atoms with Gasteiger partial charge < -0.3 is 14.8 Å². The zero-order valence-corrected chi connectivity index (χ0v) is 22.8. The lowest BCUT2D eigenvalue weighted by Gasteiger charge is -2.15. The van der Waals surface area contributed by atoms with Crippen LogP contribution in [0.3, 0.4) is 0 Å². The van der Waals surface area contributed by atoms with Gasteiger partial charge in [-0.25, -0.2) is 4.79 Å². The lowest BCUT2D eigenvalue weighted by molar-refractivity contribution is -0.123. The first-order valence-electron chi connectivity index (χ1n) is 10.9. The molecule has 1 N–H and O–H groups in total. The Kier molecular flexibility index (Phi) is 8.46. The van der Waals surface area contributed by atoms with E-state index in [1.54, 1.807) is 60.7 Å². The summed E-state index contributed by atoms with van der Waals surface area (Å²) in [5.74, 6) is 0.535. The first kappa shape index (κ1) is 26.4. The van der Waals surface area contributed by atoms with Crippen molar-refractivity contribution in [3.05, 3.63) is 96.5 Å². The molecule has 1 fully saturated rings. The second-order valence-electron chi connectivity index (χ2n) is 7.78. The van der Waals surface area contributed by atoms with Crippen LogP contribution in [0.25, 0.3) is 6.08 Å². The predicted octanol–water partition coefficient (Wildman–Crippen LogP) is 7.48. The number of ether oxygens (including phenoxy) is 2. The molecule has 3 aromatic rings. The van der Waals surface area contributed by atoms with Crippen LogP contribution in [-0.2, 0) is 17.9 Å². The third kappa shape index (κ3) is 6.16. The number of halogens is 4. The molecule has 3 aromatic carbocycles. The highest BCUT2D eigenvalue weighted by Crippen LogP contribution is 2.36. The number of benzene rings is 3. The number of imide groups is 1. The molecule has 0 aliphatic carbocycles. The second-order valence-corrected chi connectivity index (χ2v) is 9.92. The summed E-state index contributed by atoms with van der Waals surface area (Å²) in [6.07, 6.45) is 1.59. The number of hydrogen-bond acceptors (Lipinski definition) is 4. The van der Waals surface area contributed by atoms with E-state index in [0.29, 0.717) is 43.2 Å². The van der Waals surface area contributed by atoms with Crippen molar-refractivity contribution < 1.29 is 19.1 Å². The Morgan fingerprint density at radius 1 is 0.944 bits per heavy atom. The van der Waals surface area contributed by atoms with Crippen LogP contribution in [-0.4, -0.2) is 23.4 Å². The molecule has 1 saturated heterocycles. The minimum atomic E-state index is -0.498. The van der Waals surface area contributed by atoms with Crippen LogP contribution in [0, 0.1) is 0 Å². The van der Waals surface area contributed by atoms with Gasteiger partial charge in [0.25, 0.3) is 5.91 Å². The van der Waals surface area contributed by atoms with E-state index < -0.39 is 11.9 Å². The van der Waals surface area contributed by atoms with Crippen molar-refractivity contribution in [1.82, 2.24) is 10.2 Å². The molecule has 1 aliphatic rings. The Labute approximate surface area is 231 Å². The fraction of sp³-hybridized carbons (Fsp3) is 0.154. The lowest BCUT2D eigenvalue weighted by atomic mass is 10.1. The van der Waals surface area contributed by atoms with Crippen LogP contribution in [0.4, 0.5) is 4.79 Å². The highest BCUT2D eigenvalue weighted by molar-refractivity contribution is 9.10. The lowest BCUT2D eigenvalue weighted by Crippen LogP contribution is -2.30. The van der Waals surface area contributed by atoms with E-state index in [-0.39, 0.29) is 18.8 Å². The molecule has 0 spiro atoms. The number of carbonyl (C=O) groups excluding carboxylic acids is 2. The van der Waals surface area contributed by atoms with Crippen molar-refractivity contribution in [2.45, 2.75) is 20.1 Å². The van der Waals surface area contributed by atoms with Crippen molar-refractivity contribution in [1.29, 1.82) is 0 Å². The van der Waals surface area contributed by atoms with E-state index in [1.807, 2.05) is 6.92 Å². The van der Waals surface area contributed by atoms with E-state index >= 15 is 0 Å². The summed E-state index contributed by atoms with van der Waals surface area (Å²) in [4.78, 5) is 26.6. The topological polar surface area (TPSA) is 67.9 Å². The molecule has 0 aromatic heterocycles. The van der Waals surface area contributed by atoms with Gasteiger partial charge in [-0.3, -0.25) is 9.69 Å². The minimum absolute atomic E-state index is 0.130. The number of nitrogens with zero attached hydrogens (tertiary/aromatic N) is 1. The molecular weight excluding hydrogens is 591 g/mol. The van der Waals surface area contributed by atoms with Gasteiger partial charge in [0.15, 0.2) is 11.5 Å². The van der Waals surface area contributed by atoms with E-state index in [0.717, 1.165) is 16.0 Å². The number of carbonyl (C=O) groups is 2. The van der Waals surface area contributed by atoms with Gasteiger partial charge >= 0.3 is 6.03 Å². The maximum atomic E-state index is 13.0. The summed E-state index contributed by atoms with van der Waals surface area (Å²) in [6.45, 7) is 2.59.